The third-order valence-electron chi connectivity index (χ3n) is 4.21. The minimum Gasteiger partial charge on any atom is -0.500 e. The summed E-state index contributed by atoms with van der Waals surface area (Å²) < 4.78 is 13.8. The number of hydrogen-bond acceptors (Lipinski definition) is 4. The van der Waals surface area contributed by atoms with Crippen molar-refractivity contribution < 1.29 is 24.3 Å². The van der Waals surface area contributed by atoms with Crippen LogP contribution >= 0.6 is 0 Å². The van der Waals surface area contributed by atoms with Crippen LogP contribution in [0.2, 0.25) is 0 Å². The summed E-state index contributed by atoms with van der Waals surface area (Å²) in [5.74, 6) is -2.09. The highest BCUT2D eigenvalue weighted by atomic mass is 19.1. The van der Waals surface area contributed by atoms with Crippen molar-refractivity contribution in [2.75, 3.05) is 6.54 Å². The molecule has 1 aliphatic rings. The number of aromatic hydroxyl groups is 1. The van der Waals surface area contributed by atoms with E-state index >= 15 is 0 Å². The van der Waals surface area contributed by atoms with Crippen molar-refractivity contribution in [2.24, 2.45) is 5.41 Å². The van der Waals surface area contributed by atoms with Crippen LogP contribution in [0.4, 0.5) is 14.9 Å². The fourth-order valence-corrected chi connectivity index (χ4v) is 3.34. The number of halogens is 1. The molecule has 1 saturated heterocycles. The van der Waals surface area contributed by atoms with E-state index in [1.54, 1.807) is 6.08 Å². The molecule has 1 fully saturated rings. The van der Waals surface area contributed by atoms with Gasteiger partial charge in [-0.15, -0.1) is 0 Å². The summed E-state index contributed by atoms with van der Waals surface area (Å²) >= 11 is 0. The van der Waals surface area contributed by atoms with Gasteiger partial charge in [-0.1, -0.05) is 26.8 Å². The first-order chi connectivity index (χ1) is 11.5. The molecule has 2 N–H and O–H groups in total. The highest BCUT2D eigenvalue weighted by Crippen LogP contribution is 2.38. The number of rotatable bonds is 2. The van der Waals surface area contributed by atoms with Crippen molar-refractivity contribution in [3.63, 3.8) is 0 Å². The maximum atomic E-state index is 13.8. The maximum absolute atomic E-state index is 13.8. The molecule has 1 amide bonds. The van der Waals surface area contributed by atoms with Gasteiger partial charge in [0.05, 0.1) is 11.0 Å². The van der Waals surface area contributed by atoms with Crippen molar-refractivity contribution in [2.45, 2.75) is 39.7 Å². The maximum Gasteiger partial charge on any atom is 0.407 e. The van der Waals surface area contributed by atoms with Crippen LogP contribution in [0.25, 0.3) is 6.08 Å². The molecule has 0 aliphatic carbocycles. The Balaban J connectivity index is 2.54. The Morgan fingerprint density at radius 1 is 1.44 bits per heavy atom. The molecule has 0 bridgehead atoms. The number of nitro benzene ring substituents is 1. The summed E-state index contributed by atoms with van der Waals surface area (Å²) in [6, 6.07) is 1.68. The Morgan fingerprint density at radius 3 is 2.60 bits per heavy atom. The van der Waals surface area contributed by atoms with Crippen molar-refractivity contribution in [1.29, 1.82) is 0 Å². The molecule has 1 heterocycles. The lowest BCUT2D eigenvalue weighted by Crippen LogP contribution is -2.50. The van der Waals surface area contributed by atoms with Gasteiger partial charge >= 0.3 is 11.8 Å². The van der Waals surface area contributed by atoms with Crippen LogP contribution in [0.1, 0.15) is 39.2 Å². The number of carboxylic acid groups (broad SMARTS) is 1. The second kappa shape index (κ2) is 6.70. The van der Waals surface area contributed by atoms with E-state index in [-0.39, 0.29) is 5.56 Å². The number of amides is 1. The van der Waals surface area contributed by atoms with Crippen LogP contribution in [0, 0.1) is 21.3 Å². The Morgan fingerprint density at radius 2 is 2.08 bits per heavy atom. The normalized spacial score (nSPS) is 19.9. The van der Waals surface area contributed by atoms with Gasteiger partial charge in [0.25, 0.3) is 0 Å². The number of nitro groups is 1. The number of carbonyl (C=O) groups is 1. The van der Waals surface area contributed by atoms with Crippen LogP contribution < -0.4 is 0 Å². The minimum absolute atomic E-state index is 0.221. The monoisotopic (exact) mass is 352 g/mol. The fraction of sp³-hybridized carbons (Fsp3) is 0.471. The molecular weight excluding hydrogens is 331 g/mol. The molecule has 1 unspecified atom stereocenters. The van der Waals surface area contributed by atoms with Crippen LogP contribution in [-0.2, 0) is 0 Å². The predicted molar refractivity (Wildman–Crippen MR) is 89.9 cm³/mol. The molecule has 1 aliphatic heterocycles. The van der Waals surface area contributed by atoms with Crippen molar-refractivity contribution in [3.8, 4) is 5.75 Å². The summed E-state index contributed by atoms with van der Waals surface area (Å²) in [5, 5.41) is 29.9. The van der Waals surface area contributed by atoms with Crippen LogP contribution in [0.5, 0.6) is 5.75 Å². The van der Waals surface area contributed by atoms with Gasteiger partial charge in [-0.2, -0.15) is 0 Å². The van der Waals surface area contributed by atoms with E-state index in [0.29, 0.717) is 19.4 Å². The molecular formula is C17H21FN2O5. The summed E-state index contributed by atoms with van der Waals surface area (Å²) in [6.45, 7) is 6.13. The Hall–Kier alpha value is -2.64. The Labute approximate surface area is 144 Å². The SMILES string of the molecule is CC(C)(C)C1/C(=C\c2cc(F)c(O)c([N+](=O)[O-])c2)CCCN1C(=O)O. The van der Waals surface area contributed by atoms with Gasteiger partial charge in [0.1, 0.15) is 0 Å². The zero-order chi connectivity index (χ0) is 18.9. The van der Waals surface area contributed by atoms with E-state index < -0.39 is 39.7 Å². The number of nitrogens with zero attached hydrogens (tertiary/aromatic N) is 2. The summed E-state index contributed by atoms with van der Waals surface area (Å²) in [6.07, 6.45) is 1.78. The zero-order valence-corrected chi connectivity index (χ0v) is 14.3. The van der Waals surface area contributed by atoms with Crippen molar-refractivity contribution in [3.05, 3.63) is 39.2 Å². The third-order valence-corrected chi connectivity index (χ3v) is 4.21. The second-order valence-corrected chi connectivity index (χ2v) is 7.19. The van der Waals surface area contributed by atoms with Gasteiger partial charge in [-0.05, 0) is 35.5 Å². The van der Waals surface area contributed by atoms with E-state index in [4.69, 9.17) is 0 Å². The molecule has 25 heavy (non-hydrogen) atoms. The first kappa shape index (κ1) is 18.7. The predicted octanol–water partition coefficient (Wildman–Crippen LogP) is 4.01. The molecule has 0 radical (unpaired) electrons. The third kappa shape index (κ3) is 3.89. The molecule has 0 spiro atoms. The number of phenolic OH excluding ortho intramolecular Hbond substituents is 1. The molecule has 0 saturated carbocycles. The largest absolute Gasteiger partial charge is 0.500 e. The Bertz CT molecular complexity index is 739. The Kier molecular flexibility index (Phi) is 5.01. The molecule has 2 rings (SSSR count). The summed E-state index contributed by atoms with van der Waals surface area (Å²) in [4.78, 5) is 23.0. The number of phenols is 1. The van der Waals surface area contributed by atoms with E-state index in [9.17, 15) is 29.5 Å². The number of piperidine rings is 1. The quantitative estimate of drug-likeness (QED) is 0.618. The lowest BCUT2D eigenvalue weighted by Gasteiger charge is -2.43. The number of likely N-dealkylation sites (tertiary alicyclic amines) is 1. The highest BCUT2D eigenvalue weighted by Gasteiger charge is 2.38. The number of hydrogen-bond donors (Lipinski definition) is 2. The minimum atomic E-state index is -1.08. The van der Waals surface area contributed by atoms with E-state index in [2.05, 4.69) is 0 Å². The van der Waals surface area contributed by atoms with E-state index in [1.165, 1.54) is 4.90 Å². The molecule has 8 heteroatoms. The van der Waals surface area contributed by atoms with Gasteiger partial charge in [0.15, 0.2) is 5.82 Å². The van der Waals surface area contributed by atoms with Gasteiger partial charge in [-0.3, -0.25) is 10.1 Å². The van der Waals surface area contributed by atoms with Crippen molar-refractivity contribution >= 4 is 17.9 Å². The zero-order valence-electron chi connectivity index (χ0n) is 14.3. The average Bonchev–Trinajstić information content (AvgIpc) is 2.49. The van der Waals surface area contributed by atoms with Crippen LogP contribution in [-0.4, -0.2) is 38.7 Å². The van der Waals surface area contributed by atoms with Gasteiger partial charge < -0.3 is 15.1 Å². The second-order valence-electron chi connectivity index (χ2n) is 7.19. The molecule has 1 aromatic rings. The molecule has 1 atom stereocenters. The summed E-state index contributed by atoms with van der Waals surface area (Å²) in [5.41, 5.74) is -0.129. The first-order valence-corrected chi connectivity index (χ1v) is 7.89. The fourth-order valence-electron chi connectivity index (χ4n) is 3.34. The highest BCUT2D eigenvalue weighted by molar-refractivity contribution is 5.68. The van der Waals surface area contributed by atoms with E-state index in [0.717, 1.165) is 17.7 Å². The number of benzene rings is 1. The standard InChI is InChI=1S/C17H21FN2O5/c1-17(2,3)15-11(5-4-6-19(15)16(22)23)7-10-8-12(18)14(21)13(9-10)20(24)25/h7-9,15,21H,4-6H2,1-3H3,(H,22,23)/b11-7-. The molecule has 136 valence electrons. The molecule has 7 nitrogen and oxygen atoms in total. The average molecular weight is 352 g/mol. The van der Waals surface area contributed by atoms with Gasteiger partial charge in [0, 0.05) is 12.6 Å². The first-order valence-electron chi connectivity index (χ1n) is 7.89. The smallest absolute Gasteiger partial charge is 0.407 e. The molecule has 1 aromatic carbocycles. The van der Waals surface area contributed by atoms with Crippen LogP contribution in [0.15, 0.2) is 17.7 Å². The van der Waals surface area contributed by atoms with Gasteiger partial charge in [0.2, 0.25) is 5.75 Å². The van der Waals surface area contributed by atoms with E-state index in [1.807, 2.05) is 20.8 Å². The van der Waals surface area contributed by atoms with Crippen LogP contribution in [0.3, 0.4) is 0 Å². The lowest BCUT2D eigenvalue weighted by molar-refractivity contribution is -0.386. The van der Waals surface area contributed by atoms with Crippen molar-refractivity contribution in [1.82, 2.24) is 4.90 Å². The van der Waals surface area contributed by atoms with Gasteiger partial charge in [-0.25, -0.2) is 9.18 Å². The topological polar surface area (TPSA) is 104 Å². The lowest BCUT2D eigenvalue weighted by atomic mass is 9.77. The molecule has 0 aromatic heterocycles. The summed E-state index contributed by atoms with van der Waals surface area (Å²) in [7, 11) is 0.